The fourth-order valence-electron chi connectivity index (χ4n) is 1.59. The second-order valence-electron chi connectivity index (χ2n) is 4.18. The van der Waals surface area contributed by atoms with Gasteiger partial charge in [0, 0.05) is 5.92 Å². The number of aliphatic carboxylic acids is 1. The Balaban J connectivity index is 2.52. The van der Waals surface area contributed by atoms with Gasteiger partial charge in [0.15, 0.2) is 11.7 Å². The maximum atomic E-state index is 11.7. The Kier molecular flexibility index (Phi) is 6.42. The zero-order valence-electron chi connectivity index (χ0n) is 11.1. The third-order valence-electron chi connectivity index (χ3n) is 2.52. The van der Waals surface area contributed by atoms with E-state index < -0.39 is 5.97 Å². The fourth-order valence-corrected chi connectivity index (χ4v) is 2.24. The first-order chi connectivity index (χ1) is 9.02. The van der Waals surface area contributed by atoms with Crippen molar-refractivity contribution < 1.29 is 19.4 Å². The molecule has 0 spiro atoms. The lowest BCUT2D eigenvalue weighted by Crippen LogP contribution is -2.11. The molecule has 0 amide bonds. The number of carboxylic acid groups (broad SMARTS) is 1. The first-order valence-corrected chi connectivity index (χ1v) is 7.11. The molecule has 0 aliphatic heterocycles. The third-order valence-corrected chi connectivity index (χ3v) is 3.49. The van der Waals surface area contributed by atoms with Crippen LogP contribution in [-0.2, 0) is 16.0 Å². The molecule has 1 atom stereocenters. The van der Waals surface area contributed by atoms with Crippen LogP contribution in [0.3, 0.4) is 0 Å². The van der Waals surface area contributed by atoms with E-state index >= 15 is 0 Å². The molecule has 4 nitrogen and oxygen atoms in total. The molecule has 0 radical (unpaired) electrons. The number of carboxylic acids is 1. The van der Waals surface area contributed by atoms with E-state index in [-0.39, 0.29) is 17.6 Å². The van der Waals surface area contributed by atoms with E-state index in [2.05, 4.69) is 0 Å². The molecule has 1 unspecified atom stereocenters. The van der Waals surface area contributed by atoms with E-state index in [0.29, 0.717) is 12.2 Å². The van der Waals surface area contributed by atoms with Gasteiger partial charge in [-0.15, -0.1) is 0 Å². The molecule has 1 aromatic rings. The number of hydrogen-bond donors (Lipinski definition) is 1. The van der Waals surface area contributed by atoms with E-state index in [1.165, 1.54) is 11.8 Å². The van der Waals surface area contributed by atoms with Crippen molar-refractivity contribution in [1.29, 1.82) is 0 Å². The Morgan fingerprint density at radius 3 is 2.47 bits per heavy atom. The molecule has 0 saturated carbocycles. The van der Waals surface area contributed by atoms with Gasteiger partial charge < -0.3 is 9.84 Å². The maximum Gasteiger partial charge on any atom is 0.341 e. The summed E-state index contributed by atoms with van der Waals surface area (Å²) in [6.07, 6.45) is 0.686. The second kappa shape index (κ2) is 7.84. The number of hydrogen-bond acceptors (Lipinski definition) is 4. The van der Waals surface area contributed by atoms with Crippen molar-refractivity contribution in [2.75, 3.05) is 12.4 Å². The second-order valence-corrected chi connectivity index (χ2v) is 5.45. The summed E-state index contributed by atoms with van der Waals surface area (Å²) in [4.78, 5) is 22.0. The average molecular weight is 282 g/mol. The Bertz CT molecular complexity index is 428. The lowest BCUT2D eigenvalue weighted by molar-refractivity contribution is -0.139. The molecule has 0 aliphatic rings. The molecule has 0 aromatic heterocycles. The highest BCUT2D eigenvalue weighted by atomic mass is 32.2. The topological polar surface area (TPSA) is 63.6 Å². The van der Waals surface area contributed by atoms with Crippen LogP contribution < -0.4 is 4.74 Å². The third kappa shape index (κ3) is 5.79. The van der Waals surface area contributed by atoms with Gasteiger partial charge in [-0.05, 0) is 29.9 Å². The van der Waals surface area contributed by atoms with Crippen molar-refractivity contribution in [3.05, 3.63) is 29.8 Å². The summed E-state index contributed by atoms with van der Waals surface area (Å²) in [5.74, 6) is 0.300. The van der Waals surface area contributed by atoms with E-state index in [1.54, 1.807) is 12.1 Å². The molecular weight excluding hydrogens is 264 g/mol. The lowest BCUT2D eigenvalue weighted by atomic mass is 10.0. The van der Waals surface area contributed by atoms with Crippen LogP contribution in [0.1, 0.15) is 19.4 Å². The molecule has 1 N–H and O–H groups in total. The quantitative estimate of drug-likeness (QED) is 0.833. The summed E-state index contributed by atoms with van der Waals surface area (Å²) in [6, 6.07) is 7.17. The monoisotopic (exact) mass is 282 g/mol. The zero-order chi connectivity index (χ0) is 14.3. The molecule has 19 heavy (non-hydrogen) atoms. The molecule has 0 fully saturated rings. The summed E-state index contributed by atoms with van der Waals surface area (Å²) in [6.45, 7) is 3.53. The van der Waals surface area contributed by atoms with Gasteiger partial charge in [0.1, 0.15) is 5.75 Å². The average Bonchev–Trinajstić information content (AvgIpc) is 2.38. The number of thioether (sulfide) groups is 1. The summed E-state index contributed by atoms with van der Waals surface area (Å²) >= 11 is 1.34. The van der Waals surface area contributed by atoms with E-state index in [4.69, 9.17) is 9.84 Å². The van der Waals surface area contributed by atoms with Crippen molar-refractivity contribution in [2.45, 2.75) is 20.3 Å². The van der Waals surface area contributed by atoms with Crippen LogP contribution >= 0.6 is 11.8 Å². The van der Waals surface area contributed by atoms with Crippen molar-refractivity contribution in [2.24, 2.45) is 5.92 Å². The molecule has 5 heteroatoms. The first kappa shape index (κ1) is 15.6. The molecule has 1 aromatic carbocycles. The molecule has 0 aliphatic carbocycles. The lowest BCUT2D eigenvalue weighted by Gasteiger charge is -2.10. The standard InChI is InChI=1S/C14H18O4S/c1-3-19-14(17)10(2)8-11-4-6-12(7-5-11)18-9-13(15)16/h4-7,10H,3,8-9H2,1-2H3,(H,15,16). The SMILES string of the molecule is CCSC(=O)C(C)Cc1ccc(OCC(=O)O)cc1. The van der Waals surface area contributed by atoms with E-state index in [9.17, 15) is 9.59 Å². The zero-order valence-corrected chi connectivity index (χ0v) is 11.9. The molecule has 104 valence electrons. The van der Waals surface area contributed by atoms with Gasteiger partial charge in [-0.1, -0.05) is 37.7 Å². The molecule has 1 rings (SSSR count). The Labute approximate surface area is 117 Å². The Morgan fingerprint density at radius 1 is 1.32 bits per heavy atom. The largest absolute Gasteiger partial charge is 0.482 e. The van der Waals surface area contributed by atoms with Crippen molar-refractivity contribution in [1.82, 2.24) is 0 Å². The first-order valence-electron chi connectivity index (χ1n) is 6.13. The number of benzene rings is 1. The van der Waals surface area contributed by atoms with E-state index in [1.807, 2.05) is 26.0 Å². The summed E-state index contributed by atoms with van der Waals surface area (Å²) in [7, 11) is 0. The Morgan fingerprint density at radius 2 is 1.95 bits per heavy atom. The molecule has 0 bridgehead atoms. The number of rotatable bonds is 7. The highest BCUT2D eigenvalue weighted by molar-refractivity contribution is 8.13. The van der Waals surface area contributed by atoms with Gasteiger partial charge in [0.05, 0.1) is 0 Å². The van der Waals surface area contributed by atoms with Crippen LogP contribution in [0.4, 0.5) is 0 Å². The van der Waals surface area contributed by atoms with Gasteiger partial charge in [0.25, 0.3) is 0 Å². The number of carbonyl (C=O) groups excluding carboxylic acids is 1. The number of carbonyl (C=O) groups is 2. The predicted octanol–water partition coefficient (Wildman–Crippen LogP) is 2.61. The summed E-state index contributed by atoms with van der Waals surface area (Å²) in [5.41, 5.74) is 1.04. The minimum atomic E-state index is -1.00. The van der Waals surface area contributed by atoms with Crippen molar-refractivity contribution >= 4 is 22.8 Å². The van der Waals surface area contributed by atoms with Crippen LogP contribution in [0.15, 0.2) is 24.3 Å². The van der Waals surface area contributed by atoms with Crippen LogP contribution in [0, 0.1) is 5.92 Å². The number of ether oxygens (including phenoxy) is 1. The van der Waals surface area contributed by atoms with Gasteiger partial charge in [-0.3, -0.25) is 4.79 Å². The normalized spacial score (nSPS) is 11.9. The Hall–Kier alpha value is -1.49. The highest BCUT2D eigenvalue weighted by Crippen LogP contribution is 2.18. The summed E-state index contributed by atoms with van der Waals surface area (Å²) in [5, 5.41) is 8.70. The minimum Gasteiger partial charge on any atom is -0.482 e. The van der Waals surface area contributed by atoms with Crippen molar-refractivity contribution in [3.63, 3.8) is 0 Å². The summed E-state index contributed by atoms with van der Waals surface area (Å²) < 4.78 is 5.04. The fraction of sp³-hybridized carbons (Fsp3) is 0.429. The van der Waals surface area contributed by atoms with Crippen LogP contribution in [0.5, 0.6) is 5.75 Å². The van der Waals surface area contributed by atoms with Gasteiger partial charge in [-0.2, -0.15) is 0 Å². The highest BCUT2D eigenvalue weighted by Gasteiger charge is 2.13. The van der Waals surface area contributed by atoms with Gasteiger partial charge in [0.2, 0.25) is 0 Å². The van der Waals surface area contributed by atoms with Gasteiger partial charge in [-0.25, -0.2) is 4.79 Å². The van der Waals surface area contributed by atoms with Gasteiger partial charge >= 0.3 is 5.97 Å². The molecule has 0 heterocycles. The molecular formula is C14H18O4S. The van der Waals surface area contributed by atoms with E-state index in [0.717, 1.165) is 11.3 Å². The maximum absolute atomic E-state index is 11.7. The van der Waals surface area contributed by atoms with Crippen molar-refractivity contribution in [3.8, 4) is 5.75 Å². The van der Waals surface area contributed by atoms with Crippen LogP contribution in [0.25, 0.3) is 0 Å². The smallest absolute Gasteiger partial charge is 0.341 e. The van der Waals surface area contributed by atoms with Crippen LogP contribution in [-0.4, -0.2) is 28.6 Å². The van der Waals surface area contributed by atoms with Crippen LogP contribution in [0.2, 0.25) is 0 Å². The predicted molar refractivity (Wildman–Crippen MR) is 75.6 cm³/mol. The minimum absolute atomic E-state index is 0.0178. The molecule has 0 saturated heterocycles.